The first-order valence-corrected chi connectivity index (χ1v) is 9.27. The van der Waals surface area contributed by atoms with Crippen LogP contribution >= 0.6 is 0 Å². The number of carbonyl (C=O) groups is 2. The second kappa shape index (κ2) is 9.57. The van der Waals surface area contributed by atoms with Gasteiger partial charge in [-0.3, -0.25) is 14.9 Å². The van der Waals surface area contributed by atoms with Gasteiger partial charge in [0.2, 0.25) is 0 Å². The minimum atomic E-state index is -0.707. The van der Waals surface area contributed by atoms with Crippen LogP contribution < -0.4 is 14.8 Å². The van der Waals surface area contributed by atoms with Crippen molar-refractivity contribution in [1.29, 1.82) is 0 Å². The van der Waals surface area contributed by atoms with Crippen LogP contribution in [-0.2, 0) is 14.3 Å². The normalized spacial score (nSPS) is 10.4. The van der Waals surface area contributed by atoms with Crippen molar-refractivity contribution >= 4 is 34.0 Å². The molecule has 0 unspecified atom stereocenters. The number of amides is 1. The Balaban J connectivity index is 1.52. The molecule has 9 heteroatoms. The van der Waals surface area contributed by atoms with E-state index in [1.54, 1.807) is 19.1 Å². The van der Waals surface area contributed by atoms with E-state index >= 15 is 0 Å². The number of rotatable bonds is 8. The molecule has 0 aliphatic rings. The summed E-state index contributed by atoms with van der Waals surface area (Å²) < 4.78 is 15.3. The van der Waals surface area contributed by atoms with Crippen LogP contribution in [0, 0.1) is 17.0 Å². The number of esters is 1. The maximum absolute atomic E-state index is 12.1. The van der Waals surface area contributed by atoms with Crippen molar-refractivity contribution in [3.8, 4) is 11.5 Å². The molecule has 0 atom stereocenters. The maximum atomic E-state index is 12.1. The van der Waals surface area contributed by atoms with E-state index in [4.69, 9.17) is 14.2 Å². The van der Waals surface area contributed by atoms with E-state index in [1.165, 1.54) is 19.2 Å². The highest BCUT2D eigenvalue weighted by atomic mass is 16.6. The van der Waals surface area contributed by atoms with E-state index < -0.39 is 23.4 Å². The first-order valence-electron chi connectivity index (χ1n) is 9.27. The fraction of sp³-hybridized carbons (Fsp3) is 0.182. The Bertz CT molecular complexity index is 1140. The highest BCUT2D eigenvalue weighted by Crippen LogP contribution is 2.32. The first kappa shape index (κ1) is 21.6. The number of fused-ring (bicyclic) bond motifs is 1. The van der Waals surface area contributed by atoms with Gasteiger partial charge in [0.05, 0.1) is 12.0 Å². The molecule has 0 radical (unpaired) electrons. The Kier molecular flexibility index (Phi) is 6.66. The monoisotopic (exact) mass is 424 g/mol. The number of methoxy groups -OCH3 is 1. The number of hydrogen-bond donors (Lipinski definition) is 1. The Labute approximate surface area is 177 Å². The van der Waals surface area contributed by atoms with E-state index in [0.29, 0.717) is 17.0 Å². The van der Waals surface area contributed by atoms with Crippen molar-refractivity contribution in [1.82, 2.24) is 0 Å². The van der Waals surface area contributed by atoms with E-state index in [2.05, 4.69) is 5.32 Å². The van der Waals surface area contributed by atoms with Crippen LogP contribution in [0.4, 0.5) is 11.4 Å². The summed E-state index contributed by atoms with van der Waals surface area (Å²) in [4.78, 5) is 34.5. The van der Waals surface area contributed by atoms with Gasteiger partial charge in [0.15, 0.2) is 19.0 Å². The molecule has 1 N–H and O–H groups in total. The van der Waals surface area contributed by atoms with E-state index in [1.807, 2.05) is 30.3 Å². The lowest BCUT2D eigenvalue weighted by Crippen LogP contribution is -2.24. The zero-order chi connectivity index (χ0) is 22.4. The number of benzene rings is 3. The minimum Gasteiger partial charge on any atom is -0.490 e. The fourth-order valence-corrected chi connectivity index (χ4v) is 2.89. The Morgan fingerprint density at radius 2 is 1.77 bits per heavy atom. The molecule has 0 fully saturated rings. The summed E-state index contributed by atoms with van der Waals surface area (Å²) in [6.45, 7) is 0.722. The third-order valence-corrected chi connectivity index (χ3v) is 4.44. The summed E-state index contributed by atoms with van der Waals surface area (Å²) in [6, 6.07) is 15.8. The molecule has 0 aliphatic heterocycles. The van der Waals surface area contributed by atoms with Gasteiger partial charge in [-0.15, -0.1) is 0 Å². The van der Waals surface area contributed by atoms with E-state index in [0.717, 1.165) is 10.8 Å². The van der Waals surface area contributed by atoms with Gasteiger partial charge in [-0.2, -0.15) is 0 Å². The first-order chi connectivity index (χ1) is 14.9. The van der Waals surface area contributed by atoms with Crippen LogP contribution in [-0.4, -0.2) is 37.1 Å². The van der Waals surface area contributed by atoms with Gasteiger partial charge in [-0.25, -0.2) is 4.79 Å². The summed E-state index contributed by atoms with van der Waals surface area (Å²) in [5, 5.41) is 15.6. The predicted molar refractivity (Wildman–Crippen MR) is 113 cm³/mol. The SMILES string of the molecule is COc1cc(NC(=O)COC(=O)COc2ccc3ccccc3c2)c(C)cc1[N+](=O)[O-]. The molecule has 9 nitrogen and oxygen atoms in total. The number of aryl methyl sites for hydroxylation is 1. The molecule has 3 aromatic rings. The topological polar surface area (TPSA) is 117 Å². The Hall–Kier alpha value is -4.14. The average Bonchev–Trinajstić information content (AvgIpc) is 2.77. The lowest BCUT2D eigenvalue weighted by Gasteiger charge is -2.11. The number of ether oxygens (including phenoxy) is 3. The minimum absolute atomic E-state index is 0.00618. The van der Waals surface area contributed by atoms with E-state index in [9.17, 15) is 19.7 Å². The number of hydrogen-bond acceptors (Lipinski definition) is 7. The zero-order valence-electron chi connectivity index (χ0n) is 16.9. The molecular weight excluding hydrogens is 404 g/mol. The fourth-order valence-electron chi connectivity index (χ4n) is 2.89. The van der Waals surface area contributed by atoms with Crippen LogP contribution in [0.3, 0.4) is 0 Å². The smallest absolute Gasteiger partial charge is 0.344 e. The second-order valence-electron chi connectivity index (χ2n) is 6.60. The molecule has 3 rings (SSSR count). The van der Waals surface area contributed by atoms with Crippen LogP contribution in [0.25, 0.3) is 10.8 Å². The van der Waals surface area contributed by atoms with Crippen molar-refractivity contribution < 1.29 is 28.7 Å². The molecule has 0 aliphatic carbocycles. The van der Waals surface area contributed by atoms with Gasteiger partial charge in [-0.1, -0.05) is 30.3 Å². The van der Waals surface area contributed by atoms with Crippen LogP contribution in [0.2, 0.25) is 0 Å². The Morgan fingerprint density at radius 3 is 2.48 bits per heavy atom. The summed E-state index contributed by atoms with van der Waals surface area (Å²) in [5.74, 6) is -0.792. The molecule has 0 heterocycles. The van der Waals surface area contributed by atoms with Crippen molar-refractivity contribution in [3.63, 3.8) is 0 Å². The number of nitrogens with zero attached hydrogens (tertiary/aromatic N) is 1. The predicted octanol–water partition coefficient (Wildman–Crippen LogP) is 3.63. The molecular formula is C22H20N2O7. The van der Waals surface area contributed by atoms with Crippen molar-refractivity contribution in [2.24, 2.45) is 0 Å². The molecule has 31 heavy (non-hydrogen) atoms. The van der Waals surface area contributed by atoms with Crippen LogP contribution in [0.1, 0.15) is 5.56 Å². The zero-order valence-corrected chi connectivity index (χ0v) is 16.9. The second-order valence-corrected chi connectivity index (χ2v) is 6.60. The lowest BCUT2D eigenvalue weighted by atomic mass is 10.1. The largest absolute Gasteiger partial charge is 0.490 e. The lowest BCUT2D eigenvalue weighted by molar-refractivity contribution is -0.385. The highest BCUT2D eigenvalue weighted by Gasteiger charge is 2.18. The van der Waals surface area contributed by atoms with Gasteiger partial charge in [0.1, 0.15) is 5.75 Å². The third-order valence-electron chi connectivity index (χ3n) is 4.44. The Morgan fingerprint density at radius 1 is 1.03 bits per heavy atom. The van der Waals surface area contributed by atoms with Gasteiger partial charge in [0.25, 0.3) is 5.91 Å². The van der Waals surface area contributed by atoms with Gasteiger partial charge in [-0.05, 0) is 35.4 Å². The molecule has 0 spiro atoms. The third kappa shape index (κ3) is 5.47. The number of nitro benzene ring substituents is 1. The molecule has 0 saturated heterocycles. The van der Waals surface area contributed by atoms with Crippen molar-refractivity contribution in [2.75, 3.05) is 25.6 Å². The average molecular weight is 424 g/mol. The molecule has 1 amide bonds. The van der Waals surface area contributed by atoms with Crippen LogP contribution in [0.15, 0.2) is 54.6 Å². The van der Waals surface area contributed by atoms with Crippen LogP contribution in [0.5, 0.6) is 11.5 Å². The van der Waals surface area contributed by atoms with Crippen molar-refractivity contribution in [2.45, 2.75) is 6.92 Å². The summed E-state index contributed by atoms with van der Waals surface area (Å²) in [5.41, 5.74) is 0.568. The van der Waals surface area contributed by atoms with Gasteiger partial charge in [0, 0.05) is 17.8 Å². The summed E-state index contributed by atoms with van der Waals surface area (Å²) in [7, 11) is 1.29. The number of nitrogens with one attached hydrogen (secondary N) is 1. The number of nitro groups is 1. The maximum Gasteiger partial charge on any atom is 0.344 e. The summed E-state index contributed by atoms with van der Waals surface area (Å²) >= 11 is 0. The van der Waals surface area contributed by atoms with Gasteiger partial charge < -0.3 is 19.5 Å². The van der Waals surface area contributed by atoms with E-state index in [-0.39, 0.29) is 18.0 Å². The highest BCUT2D eigenvalue weighted by molar-refractivity contribution is 5.94. The molecule has 0 aromatic heterocycles. The molecule has 160 valence electrons. The molecule has 0 saturated carbocycles. The number of anilines is 1. The van der Waals surface area contributed by atoms with Crippen molar-refractivity contribution in [3.05, 3.63) is 70.3 Å². The summed E-state index contributed by atoms with van der Waals surface area (Å²) in [6.07, 6.45) is 0. The standard InChI is InChI=1S/C22H20N2O7/c1-14-9-19(24(27)28)20(29-2)11-18(14)23-21(25)12-31-22(26)13-30-17-8-7-15-5-3-4-6-16(15)10-17/h3-11H,12-13H2,1-2H3,(H,23,25). The number of carbonyl (C=O) groups excluding carboxylic acids is 2. The molecule has 0 bridgehead atoms. The van der Waals surface area contributed by atoms with Gasteiger partial charge >= 0.3 is 11.7 Å². The quantitative estimate of drug-likeness (QED) is 0.333. The molecule has 3 aromatic carbocycles.